The van der Waals surface area contributed by atoms with E-state index in [4.69, 9.17) is 9.47 Å². The molecule has 0 bridgehead atoms. The van der Waals surface area contributed by atoms with Crippen molar-refractivity contribution in [3.05, 3.63) is 0 Å². The van der Waals surface area contributed by atoms with Crippen LogP contribution in [0.5, 0.6) is 0 Å². The first-order chi connectivity index (χ1) is 7.16. The van der Waals surface area contributed by atoms with Gasteiger partial charge in [0.15, 0.2) is 0 Å². The van der Waals surface area contributed by atoms with E-state index in [-0.39, 0.29) is 5.60 Å². The fraction of sp³-hybridized carbons (Fsp3) is 1.00. The zero-order chi connectivity index (χ0) is 10.7. The molecule has 2 aliphatic rings. The molecule has 0 aromatic rings. The molecule has 0 aromatic carbocycles. The van der Waals surface area contributed by atoms with Crippen molar-refractivity contribution in [1.82, 2.24) is 10.4 Å². The van der Waals surface area contributed by atoms with Gasteiger partial charge in [0.2, 0.25) is 0 Å². The van der Waals surface area contributed by atoms with Gasteiger partial charge in [0.1, 0.15) is 0 Å². The van der Waals surface area contributed by atoms with Crippen LogP contribution in [0.3, 0.4) is 0 Å². The van der Waals surface area contributed by atoms with E-state index in [1.54, 1.807) is 0 Å². The minimum Gasteiger partial charge on any atom is -0.379 e. The lowest BCUT2D eigenvalue weighted by atomic mass is 10.1. The normalized spacial score (nSPS) is 32.0. The molecule has 2 aliphatic heterocycles. The molecule has 4 nitrogen and oxygen atoms in total. The molecule has 0 spiro atoms. The first-order valence-corrected chi connectivity index (χ1v) is 5.90. The van der Waals surface area contributed by atoms with Crippen molar-refractivity contribution in [3.8, 4) is 0 Å². The van der Waals surface area contributed by atoms with Crippen molar-refractivity contribution in [2.24, 2.45) is 0 Å². The number of hydrogen-bond donors (Lipinski definition) is 1. The van der Waals surface area contributed by atoms with E-state index in [0.29, 0.717) is 6.10 Å². The molecule has 15 heavy (non-hydrogen) atoms. The highest BCUT2D eigenvalue weighted by molar-refractivity contribution is 4.81. The topological polar surface area (TPSA) is 33.7 Å². The Balaban J connectivity index is 1.65. The summed E-state index contributed by atoms with van der Waals surface area (Å²) in [5.41, 5.74) is 3.51. The van der Waals surface area contributed by atoms with Crippen molar-refractivity contribution in [1.29, 1.82) is 0 Å². The number of morpholine rings is 1. The van der Waals surface area contributed by atoms with Crippen LogP contribution in [0.1, 0.15) is 26.7 Å². The Morgan fingerprint density at radius 3 is 2.67 bits per heavy atom. The largest absolute Gasteiger partial charge is 0.379 e. The lowest BCUT2D eigenvalue weighted by Gasteiger charge is -2.28. The summed E-state index contributed by atoms with van der Waals surface area (Å²) in [6.07, 6.45) is 2.72. The average molecular weight is 214 g/mol. The number of rotatable bonds is 3. The number of nitrogens with zero attached hydrogens (tertiary/aromatic N) is 1. The van der Waals surface area contributed by atoms with Crippen molar-refractivity contribution >= 4 is 0 Å². The van der Waals surface area contributed by atoms with E-state index in [0.717, 1.165) is 32.8 Å². The standard InChI is InChI=1S/C11H22N2O2/c1-11(2)4-3-10(15-11)9-12-13-5-7-14-8-6-13/h10,12H,3-9H2,1-2H3. The Morgan fingerprint density at radius 1 is 1.33 bits per heavy atom. The van der Waals surface area contributed by atoms with Crippen LogP contribution in [-0.4, -0.2) is 49.6 Å². The van der Waals surface area contributed by atoms with Crippen LogP contribution in [0.25, 0.3) is 0 Å². The quantitative estimate of drug-likeness (QED) is 0.753. The van der Waals surface area contributed by atoms with Crippen molar-refractivity contribution in [2.45, 2.75) is 38.4 Å². The molecule has 4 heteroatoms. The first kappa shape index (κ1) is 11.3. The maximum absolute atomic E-state index is 5.92. The second-order valence-corrected chi connectivity index (χ2v) is 5.00. The van der Waals surface area contributed by atoms with Gasteiger partial charge in [-0.15, -0.1) is 0 Å². The fourth-order valence-corrected chi connectivity index (χ4v) is 2.17. The van der Waals surface area contributed by atoms with E-state index in [2.05, 4.69) is 24.3 Å². The zero-order valence-electron chi connectivity index (χ0n) is 9.79. The van der Waals surface area contributed by atoms with E-state index >= 15 is 0 Å². The monoisotopic (exact) mass is 214 g/mol. The van der Waals surface area contributed by atoms with E-state index < -0.39 is 0 Å². The summed E-state index contributed by atoms with van der Waals surface area (Å²) in [6, 6.07) is 0. The van der Waals surface area contributed by atoms with Crippen LogP contribution in [0.2, 0.25) is 0 Å². The third kappa shape index (κ3) is 3.41. The highest BCUT2D eigenvalue weighted by atomic mass is 16.5. The van der Waals surface area contributed by atoms with Gasteiger partial charge in [0, 0.05) is 19.6 Å². The molecule has 1 atom stereocenters. The van der Waals surface area contributed by atoms with Gasteiger partial charge < -0.3 is 9.47 Å². The third-order valence-electron chi connectivity index (χ3n) is 3.11. The molecule has 2 rings (SSSR count). The molecular weight excluding hydrogens is 192 g/mol. The third-order valence-corrected chi connectivity index (χ3v) is 3.11. The minimum absolute atomic E-state index is 0.0807. The molecule has 1 N–H and O–H groups in total. The van der Waals surface area contributed by atoms with Gasteiger partial charge in [0.05, 0.1) is 24.9 Å². The molecule has 2 fully saturated rings. The fourth-order valence-electron chi connectivity index (χ4n) is 2.17. The lowest BCUT2D eigenvalue weighted by Crippen LogP contribution is -2.48. The van der Waals surface area contributed by atoms with Gasteiger partial charge in [-0.2, -0.15) is 0 Å². The molecule has 0 aliphatic carbocycles. The van der Waals surface area contributed by atoms with Crippen LogP contribution >= 0.6 is 0 Å². The van der Waals surface area contributed by atoms with Crippen molar-refractivity contribution in [2.75, 3.05) is 32.8 Å². The zero-order valence-corrected chi connectivity index (χ0v) is 9.79. The SMILES string of the molecule is CC1(C)CCC(CNN2CCOCC2)O1. The van der Waals surface area contributed by atoms with E-state index in [1.165, 1.54) is 12.8 Å². The van der Waals surface area contributed by atoms with Gasteiger partial charge in [0.25, 0.3) is 0 Å². The van der Waals surface area contributed by atoms with Gasteiger partial charge >= 0.3 is 0 Å². The number of nitrogens with one attached hydrogen (secondary N) is 1. The molecule has 2 heterocycles. The smallest absolute Gasteiger partial charge is 0.0721 e. The van der Waals surface area contributed by atoms with Crippen LogP contribution in [-0.2, 0) is 9.47 Å². The average Bonchev–Trinajstić information content (AvgIpc) is 2.57. The first-order valence-electron chi connectivity index (χ1n) is 5.90. The number of hydrazine groups is 1. The number of hydrogen-bond acceptors (Lipinski definition) is 4. The second-order valence-electron chi connectivity index (χ2n) is 5.00. The van der Waals surface area contributed by atoms with Crippen LogP contribution in [0.4, 0.5) is 0 Å². The summed E-state index contributed by atoms with van der Waals surface area (Å²) >= 11 is 0. The van der Waals surface area contributed by atoms with Crippen LogP contribution < -0.4 is 5.43 Å². The maximum Gasteiger partial charge on any atom is 0.0721 e. The Bertz CT molecular complexity index is 203. The number of ether oxygens (including phenoxy) is 2. The Hall–Kier alpha value is -0.160. The second kappa shape index (κ2) is 4.78. The summed E-state index contributed by atoms with van der Waals surface area (Å²) in [7, 11) is 0. The molecule has 0 amide bonds. The molecule has 2 saturated heterocycles. The predicted octanol–water partition coefficient (Wildman–Crippen LogP) is 0.781. The molecule has 0 aromatic heterocycles. The Kier molecular flexibility index (Phi) is 3.61. The van der Waals surface area contributed by atoms with Gasteiger partial charge in [-0.25, -0.2) is 5.01 Å². The van der Waals surface area contributed by atoms with Crippen molar-refractivity contribution < 1.29 is 9.47 Å². The van der Waals surface area contributed by atoms with Gasteiger partial charge in [-0.05, 0) is 26.7 Å². The molecule has 1 unspecified atom stereocenters. The van der Waals surface area contributed by atoms with Crippen LogP contribution in [0, 0.1) is 0 Å². The highest BCUT2D eigenvalue weighted by Gasteiger charge is 2.31. The van der Waals surface area contributed by atoms with Gasteiger partial charge in [-0.1, -0.05) is 0 Å². The Labute approximate surface area is 91.9 Å². The minimum atomic E-state index is 0.0807. The summed E-state index contributed by atoms with van der Waals surface area (Å²) in [4.78, 5) is 0. The summed E-state index contributed by atoms with van der Waals surface area (Å²) in [5.74, 6) is 0. The highest BCUT2D eigenvalue weighted by Crippen LogP contribution is 2.28. The summed E-state index contributed by atoms with van der Waals surface area (Å²) < 4.78 is 11.2. The molecule has 0 radical (unpaired) electrons. The van der Waals surface area contributed by atoms with Crippen LogP contribution in [0.15, 0.2) is 0 Å². The predicted molar refractivity (Wildman–Crippen MR) is 58.6 cm³/mol. The maximum atomic E-state index is 5.92. The summed E-state index contributed by atoms with van der Waals surface area (Å²) in [5, 5.41) is 2.23. The molecular formula is C11H22N2O2. The van der Waals surface area contributed by atoms with Crippen molar-refractivity contribution in [3.63, 3.8) is 0 Å². The molecule has 88 valence electrons. The van der Waals surface area contributed by atoms with E-state index in [9.17, 15) is 0 Å². The van der Waals surface area contributed by atoms with Gasteiger partial charge in [-0.3, -0.25) is 5.43 Å². The summed E-state index contributed by atoms with van der Waals surface area (Å²) in [6.45, 7) is 8.91. The molecule has 0 saturated carbocycles. The Morgan fingerprint density at radius 2 is 2.07 bits per heavy atom. The van der Waals surface area contributed by atoms with E-state index in [1.807, 2.05) is 0 Å². The lowest BCUT2D eigenvalue weighted by molar-refractivity contribution is -0.0348.